The summed E-state index contributed by atoms with van der Waals surface area (Å²) in [4.78, 5) is 12.6. The molecule has 2 heterocycles. The molecule has 3 rings (SSSR count). The van der Waals surface area contributed by atoms with Gasteiger partial charge in [-0.2, -0.15) is 20.1 Å². The van der Waals surface area contributed by atoms with E-state index in [1.807, 2.05) is 24.3 Å². The minimum atomic E-state index is 0.131. The van der Waals surface area contributed by atoms with Crippen LogP contribution in [0.3, 0.4) is 0 Å². The molecule has 2 N–H and O–H groups in total. The number of hydrogen-bond donors (Lipinski definition) is 1. The van der Waals surface area contributed by atoms with Crippen LogP contribution in [0.25, 0.3) is 17.3 Å². The quantitative estimate of drug-likeness (QED) is 0.770. The third-order valence-electron chi connectivity index (χ3n) is 2.70. The molecular formula is C13H12N6O. The van der Waals surface area contributed by atoms with Crippen molar-refractivity contribution in [3.05, 3.63) is 42.7 Å². The summed E-state index contributed by atoms with van der Waals surface area (Å²) in [5, 5.41) is 4.08. The van der Waals surface area contributed by atoms with E-state index in [4.69, 9.17) is 10.5 Å². The number of ether oxygens (including phenoxy) is 1. The Kier molecular flexibility index (Phi) is 3.00. The van der Waals surface area contributed by atoms with Crippen LogP contribution in [0.5, 0.6) is 5.75 Å². The summed E-state index contributed by atoms with van der Waals surface area (Å²) in [6.45, 7) is 0. The standard InChI is InChI=1S/C13H12N6O/c1-20-10-6-3-2-5-9(10)11-16-12(14)18-13(17-11)19-8-4-7-15-19/h2-8H,1H3,(H2,14,16,17,18). The summed E-state index contributed by atoms with van der Waals surface area (Å²) in [5.41, 5.74) is 6.50. The molecule has 0 fully saturated rings. The minimum absolute atomic E-state index is 0.131. The van der Waals surface area contributed by atoms with Gasteiger partial charge < -0.3 is 10.5 Å². The maximum atomic E-state index is 5.75. The average molecular weight is 268 g/mol. The summed E-state index contributed by atoms with van der Waals surface area (Å²) in [6.07, 6.45) is 3.38. The lowest BCUT2D eigenvalue weighted by atomic mass is 10.2. The zero-order valence-corrected chi connectivity index (χ0v) is 10.8. The van der Waals surface area contributed by atoms with Gasteiger partial charge in [0, 0.05) is 12.4 Å². The summed E-state index contributed by atoms with van der Waals surface area (Å²) < 4.78 is 6.83. The van der Waals surface area contributed by atoms with Gasteiger partial charge in [-0.05, 0) is 18.2 Å². The lowest BCUT2D eigenvalue weighted by Crippen LogP contribution is -2.08. The number of nitrogens with two attached hydrogens (primary N) is 1. The Morgan fingerprint density at radius 3 is 2.70 bits per heavy atom. The predicted molar refractivity (Wildman–Crippen MR) is 73.3 cm³/mol. The van der Waals surface area contributed by atoms with Crippen molar-refractivity contribution in [1.29, 1.82) is 0 Å². The number of hydrogen-bond acceptors (Lipinski definition) is 6. The van der Waals surface area contributed by atoms with Crippen LogP contribution < -0.4 is 10.5 Å². The summed E-state index contributed by atoms with van der Waals surface area (Å²) >= 11 is 0. The second-order valence-corrected chi connectivity index (χ2v) is 3.97. The molecule has 0 aliphatic rings. The van der Waals surface area contributed by atoms with Crippen molar-refractivity contribution in [2.75, 3.05) is 12.8 Å². The monoisotopic (exact) mass is 268 g/mol. The molecule has 3 aromatic rings. The molecule has 0 saturated carbocycles. The topological polar surface area (TPSA) is 91.7 Å². The molecule has 7 heteroatoms. The van der Waals surface area contributed by atoms with Crippen LogP contribution in [0.4, 0.5) is 5.95 Å². The highest BCUT2D eigenvalue weighted by molar-refractivity contribution is 5.64. The Labute approximate surface area is 115 Å². The molecule has 20 heavy (non-hydrogen) atoms. The second kappa shape index (κ2) is 4.96. The van der Waals surface area contributed by atoms with E-state index in [9.17, 15) is 0 Å². The number of nitrogens with zero attached hydrogens (tertiary/aromatic N) is 5. The molecule has 100 valence electrons. The van der Waals surface area contributed by atoms with E-state index in [0.29, 0.717) is 17.5 Å². The molecule has 0 aliphatic heterocycles. The fraction of sp³-hybridized carbons (Fsp3) is 0.0769. The van der Waals surface area contributed by atoms with Crippen molar-refractivity contribution < 1.29 is 4.74 Å². The fourth-order valence-corrected chi connectivity index (χ4v) is 1.82. The van der Waals surface area contributed by atoms with E-state index in [0.717, 1.165) is 5.56 Å². The van der Waals surface area contributed by atoms with Crippen molar-refractivity contribution >= 4 is 5.95 Å². The molecule has 0 bridgehead atoms. The first-order valence-corrected chi connectivity index (χ1v) is 5.93. The Hall–Kier alpha value is -2.96. The Balaban J connectivity index is 2.15. The highest BCUT2D eigenvalue weighted by Gasteiger charge is 2.12. The van der Waals surface area contributed by atoms with Gasteiger partial charge in [-0.3, -0.25) is 0 Å². The van der Waals surface area contributed by atoms with Gasteiger partial charge in [-0.1, -0.05) is 12.1 Å². The zero-order valence-electron chi connectivity index (χ0n) is 10.8. The minimum Gasteiger partial charge on any atom is -0.496 e. The molecule has 0 amide bonds. The lowest BCUT2D eigenvalue weighted by Gasteiger charge is -2.08. The fourth-order valence-electron chi connectivity index (χ4n) is 1.82. The SMILES string of the molecule is COc1ccccc1-c1nc(N)nc(-n2cccn2)n1. The second-order valence-electron chi connectivity index (χ2n) is 3.97. The molecule has 0 unspecified atom stereocenters. The number of para-hydroxylation sites is 1. The van der Waals surface area contributed by atoms with E-state index >= 15 is 0 Å². The van der Waals surface area contributed by atoms with Gasteiger partial charge in [0.15, 0.2) is 5.82 Å². The molecule has 1 aromatic carbocycles. The number of benzene rings is 1. The van der Waals surface area contributed by atoms with E-state index in [1.165, 1.54) is 4.68 Å². The van der Waals surface area contributed by atoms with E-state index < -0.39 is 0 Å². The largest absolute Gasteiger partial charge is 0.496 e. The normalized spacial score (nSPS) is 10.4. The van der Waals surface area contributed by atoms with Gasteiger partial charge in [0.25, 0.3) is 5.95 Å². The number of rotatable bonds is 3. The first-order chi connectivity index (χ1) is 9.78. The first-order valence-electron chi connectivity index (χ1n) is 5.93. The number of methoxy groups -OCH3 is 1. The van der Waals surface area contributed by atoms with Crippen molar-refractivity contribution in [3.63, 3.8) is 0 Å². The summed E-state index contributed by atoms with van der Waals surface area (Å²) in [5.74, 6) is 1.61. The third kappa shape index (κ3) is 2.16. The molecule has 0 atom stereocenters. The number of aromatic nitrogens is 5. The molecule has 0 spiro atoms. The smallest absolute Gasteiger partial charge is 0.255 e. The predicted octanol–water partition coefficient (Wildman–Crippen LogP) is 1.32. The molecule has 7 nitrogen and oxygen atoms in total. The van der Waals surface area contributed by atoms with Gasteiger partial charge in [0.05, 0.1) is 12.7 Å². The van der Waals surface area contributed by atoms with Crippen molar-refractivity contribution in [2.45, 2.75) is 0 Å². The number of nitrogen functional groups attached to an aromatic ring is 1. The highest BCUT2D eigenvalue weighted by Crippen LogP contribution is 2.27. The maximum Gasteiger partial charge on any atom is 0.255 e. The van der Waals surface area contributed by atoms with Crippen molar-refractivity contribution in [3.8, 4) is 23.1 Å². The lowest BCUT2D eigenvalue weighted by molar-refractivity contribution is 0.416. The zero-order chi connectivity index (χ0) is 13.9. The summed E-state index contributed by atoms with van der Waals surface area (Å²) in [7, 11) is 1.60. The molecule has 0 saturated heterocycles. The first kappa shape index (κ1) is 12.1. The molecular weight excluding hydrogens is 256 g/mol. The van der Waals surface area contributed by atoms with Crippen LogP contribution in [0.1, 0.15) is 0 Å². The maximum absolute atomic E-state index is 5.75. The Morgan fingerprint density at radius 2 is 1.95 bits per heavy atom. The van der Waals surface area contributed by atoms with Gasteiger partial charge in [-0.25, -0.2) is 4.68 Å². The van der Waals surface area contributed by atoms with Gasteiger partial charge in [0.1, 0.15) is 5.75 Å². The Morgan fingerprint density at radius 1 is 1.10 bits per heavy atom. The van der Waals surface area contributed by atoms with Crippen LogP contribution in [-0.2, 0) is 0 Å². The molecule has 2 aromatic heterocycles. The van der Waals surface area contributed by atoms with Crippen LogP contribution in [0, 0.1) is 0 Å². The van der Waals surface area contributed by atoms with Crippen molar-refractivity contribution in [2.24, 2.45) is 0 Å². The van der Waals surface area contributed by atoms with Crippen molar-refractivity contribution in [1.82, 2.24) is 24.7 Å². The van der Waals surface area contributed by atoms with Crippen LogP contribution in [-0.4, -0.2) is 31.8 Å². The average Bonchev–Trinajstić information content (AvgIpc) is 3.01. The third-order valence-corrected chi connectivity index (χ3v) is 2.70. The van der Waals surface area contributed by atoms with E-state index in [2.05, 4.69) is 20.1 Å². The molecule has 0 radical (unpaired) electrons. The highest BCUT2D eigenvalue weighted by atomic mass is 16.5. The summed E-state index contributed by atoms with van der Waals surface area (Å²) in [6, 6.07) is 9.23. The van der Waals surface area contributed by atoms with Gasteiger partial charge >= 0.3 is 0 Å². The van der Waals surface area contributed by atoms with Crippen LogP contribution in [0.15, 0.2) is 42.7 Å². The van der Waals surface area contributed by atoms with Gasteiger partial charge in [0.2, 0.25) is 5.95 Å². The number of anilines is 1. The van der Waals surface area contributed by atoms with Crippen LogP contribution in [0.2, 0.25) is 0 Å². The van der Waals surface area contributed by atoms with E-state index in [1.54, 1.807) is 25.6 Å². The molecule has 0 aliphatic carbocycles. The van der Waals surface area contributed by atoms with Gasteiger partial charge in [-0.15, -0.1) is 0 Å². The van der Waals surface area contributed by atoms with Crippen LogP contribution >= 0.6 is 0 Å². The van der Waals surface area contributed by atoms with E-state index in [-0.39, 0.29) is 5.95 Å². The Bertz CT molecular complexity index is 725.